The van der Waals surface area contributed by atoms with Gasteiger partial charge in [-0.2, -0.15) is 0 Å². The summed E-state index contributed by atoms with van der Waals surface area (Å²) < 4.78 is 1.08. The first-order valence-electron chi connectivity index (χ1n) is 19.8. The van der Waals surface area contributed by atoms with Crippen LogP contribution >= 0.6 is 15.9 Å². The summed E-state index contributed by atoms with van der Waals surface area (Å²) in [5.41, 5.74) is 22.8. The normalized spacial score (nSPS) is 12.9. The number of nitrogens with zero attached hydrogens (tertiary/aromatic N) is 2. The van der Waals surface area contributed by atoms with Gasteiger partial charge in [-0.1, -0.05) is 129 Å². The zero-order valence-corrected chi connectivity index (χ0v) is 34.5. The van der Waals surface area contributed by atoms with E-state index in [9.17, 15) is 0 Å². The van der Waals surface area contributed by atoms with Crippen LogP contribution in [0.25, 0.3) is 22.3 Å². The summed E-state index contributed by atoms with van der Waals surface area (Å²) in [6.07, 6.45) is 0. The minimum absolute atomic E-state index is 0.560. The molecule has 0 saturated carbocycles. The second-order valence-electron chi connectivity index (χ2n) is 16.0. The van der Waals surface area contributed by atoms with Crippen molar-refractivity contribution in [3.8, 4) is 22.3 Å². The maximum Gasteiger partial charge on any atom is 0.139 e. The zero-order chi connectivity index (χ0) is 39.0. The standard InChI is InChI=1S/C53H42BBrN2/c1-33-5-15-39(16-6-33)56(40-17-7-34(2)8-18-40)43-23-27-47-48-28-24-44(57(41-19-9-35(3)10-20-41)42-21-11-36(4)12-22-42)32-52(48)53(51(47)31-43)49-29-37(54)13-25-45(49)46-26-14-38(55)30-50(46)53/h5-32H,54H2,1-4H3. The fourth-order valence-corrected chi connectivity index (χ4v) is 9.60. The molecule has 1 spiro atoms. The molecule has 57 heavy (non-hydrogen) atoms. The molecule has 2 aliphatic rings. The molecule has 0 unspecified atom stereocenters. The number of halogens is 1. The fourth-order valence-electron chi connectivity index (χ4n) is 9.24. The molecule has 0 radical (unpaired) electrons. The molecule has 4 heteroatoms. The third-order valence-corrected chi connectivity index (χ3v) is 12.5. The van der Waals surface area contributed by atoms with Crippen molar-refractivity contribution in [1.29, 1.82) is 0 Å². The Bertz CT molecular complexity index is 2550. The van der Waals surface area contributed by atoms with Crippen LogP contribution in [0, 0.1) is 27.7 Å². The first-order chi connectivity index (χ1) is 27.7. The summed E-state index contributed by atoms with van der Waals surface area (Å²) in [5.74, 6) is 0. The van der Waals surface area contributed by atoms with E-state index in [2.05, 4.69) is 231 Å². The quantitative estimate of drug-likeness (QED) is 0.155. The minimum atomic E-state index is -0.560. The lowest BCUT2D eigenvalue weighted by molar-refractivity contribution is 0.793. The Labute approximate surface area is 345 Å². The topological polar surface area (TPSA) is 6.48 Å². The number of rotatable bonds is 6. The van der Waals surface area contributed by atoms with Crippen LogP contribution in [0.4, 0.5) is 34.1 Å². The summed E-state index contributed by atoms with van der Waals surface area (Å²) in [6.45, 7) is 8.61. The van der Waals surface area contributed by atoms with E-state index in [1.807, 2.05) is 0 Å². The van der Waals surface area contributed by atoms with E-state index in [4.69, 9.17) is 0 Å². The van der Waals surface area contributed by atoms with Gasteiger partial charge < -0.3 is 9.80 Å². The smallest absolute Gasteiger partial charge is 0.139 e. The highest BCUT2D eigenvalue weighted by Gasteiger charge is 2.52. The molecule has 8 aromatic carbocycles. The fraction of sp³-hybridized carbons (Fsp3) is 0.0943. The molecular weight excluding hydrogens is 755 g/mol. The SMILES string of the molecule is Bc1ccc2c(c1)C1(c3cc(Br)ccc3-2)c2cc(N(c3ccc(C)cc3)c3ccc(C)cc3)ccc2-c2ccc(N(c3ccc(C)cc3)c3ccc(C)cc3)cc21. The van der Waals surface area contributed by atoms with Crippen molar-refractivity contribution in [3.05, 3.63) is 219 Å². The molecule has 0 atom stereocenters. The highest BCUT2D eigenvalue weighted by molar-refractivity contribution is 9.10. The Hall–Kier alpha value is -6.10. The minimum Gasteiger partial charge on any atom is -0.310 e. The van der Waals surface area contributed by atoms with E-state index in [1.165, 1.54) is 72.2 Å². The molecule has 2 nitrogen and oxygen atoms in total. The number of benzene rings is 8. The third-order valence-electron chi connectivity index (χ3n) is 12.0. The Kier molecular flexibility index (Phi) is 8.39. The molecule has 2 aliphatic carbocycles. The summed E-state index contributed by atoms with van der Waals surface area (Å²) in [7, 11) is 2.23. The van der Waals surface area contributed by atoms with Crippen LogP contribution in [0.5, 0.6) is 0 Å². The van der Waals surface area contributed by atoms with E-state index in [0.29, 0.717) is 0 Å². The van der Waals surface area contributed by atoms with Crippen molar-refractivity contribution in [1.82, 2.24) is 0 Å². The molecule has 0 bridgehead atoms. The summed E-state index contributed by atoms with van der Waals surface area (Å²) in [5, 5.41) is 0. The Balaban J connectivity index is 1.27. The predicted molar refractivity (Wildman–Crippen MR) is 247 cm³/mol. The van der Waals surface area contributed by atoms with Gasteiger partial charge in [0.05, 0.1) is 5.41 Å². The second-order valence-corrected chi connectivity index (χ2v) is 16.9. The van der Waals surface area contributed by atoms with E-state index in [1.54, 1.807) is 0 Å². The van der Waals surface area contributed by atoms with Gasteiger partial charge in [-0.25, -0.2) is 0 Å². The Morgan fingerprint density at radius 1 is 0.351 bits per heavy atom. The van der Waals surface area contributed by atoms with Gasteiger partial charge in [-0.15, -0.1) is 0 Å². The molecule has 0 heterocycles. The first-order valence-corrected chi connectivity index (χ1v) is 20.6. The Morgan fingerprint density at radius 3 is 1.04 bits per heavy atom. The second kappa shape index (κ2) is 13.5. The zero-order valence-electron chi connectivity index (χ0n) is 32.9. The molecule has 0 aliphatic heterocycles. The van der Waals surface area contributed by atoms with E-state index >= 15 is 0 Å². The lowest BCUT2D eigenvalue weighted by atomic mass is 9.69. The van der Waals surface area contributed by atoms with Crippen molar-refractivity contribution in [2.45, 2.75) is 33.1 Å². The third kappa shape index (κ3) is 5.69. The lowest BCUT2D eigenvalue weighted by Crippen LogP contribution is -2.27. The van der Waals surface area contributed by atoms with E-state index < -0.39 is 5.41 Å². The number of fused-ring (bicyclic) bond motifs is 10. The summed E-state index contributed by atoms with van der Waals surface area (Å²) >= 11 is 3.94. The van der Waals surface area contributed by atoms with Gasteiger partial charge in [0.15, 0.2) is 0 Å². The average Bonchev–Trinajstić information content (AvgIpc) is 3.66. The number of aryl methyl sites for hydroxylation is 4. The van der Waals surface area contributed by atoms with Crippen LogP contribution < -0.4 is 15.3 Å². The summed E-state index contributed by atoms with van der Waals surface area (Å²) in [6, 6.07) is 63.8. The molecule has 8 aromatic rings. The molecule has 0 aromatic heterocycles. The number of hydrogen-bond acceptors (Lipinski definition) is 2. The van der Waals surface area contributed by atoms with E-state index in [0.717, 1.165) is 38.6 Å². The highest BCUT2D eigenvalue weighted by atomic mass is 79.9. The molecular formula is C53H42BBrN2. The van der Waals surface area contributed by atoms with Crippen LogP contribution in [0.3, 0.4) is 0 Å². The van der Waals surface area contributed by atoms with Crippen LogP contribution in [0.2, 0.25) is 0 Å². The van der Waals surface area contributed by atoms with Crippen LogP contribution in [-0.2, 0) is 5.41 Å². The largest absolute Gasteiger partial charge is 0.310 e. The average molecular weight is 798 g/mol. The van der Waals surface area contributed by atoms with Gasteiger partial charge in [0.2, 0.25) is 0 Å². The van der Waals surface area contributed by atoms with Crippen LogP contribution in [-0.4, -0.2) is 7.85 Å². The monoisotopic (exact) mass is 796 g/mol. The summed E-state index contributed by atoms with van der Waals surface area (Å²) in [4.78, 5) is 4.82. The van der Waals surface area contributed by atoms with Gasteiger partial charge in [0.25, 0.3) is 0 Å². The molecule has 0 fully saturated rings. The predicted octanol–water partition coefficient (Wildman–Crippen LogP) is 13.2. The maximum atomic E-state index is 3.94. The van der Waals surface area contributed by atoms with Crippen molar-refractivity contribution in [2.24, 2.45) is 0 Å². The van der Waals surface area contributed by atoms with Crippen molar-refractivity contribution in [2.75, 3.05) is 9.80 Å². The molecule has 274 valence electrons. The van der Waals surface area contributed by atoms with E-state index in [-0.39, 0.29) is 0 Å². The number of hydrogen-bond donors (Lipinski definition) is 0. The van der Waals surface area contributed by atoms with Crippen LogP contribution in [0.1, 0.15) is 44.5 Å². The van der Waals surface area contributed by atoms with Crippen molar-refractivity contribution >= 4 is 63.4 Å². The van der Waals surface area contributed by atoms with Crippen molar-refractivity contribution < 1.29 is 0 Å². The van der Waals surface area contributed by atoms with Crippen LogP contribution in [0.15, 0.2) is 174 Å². The van der Waals surface area contributed by atoms with Crippen molar-refractivity contribution in [3.63, 3.8) is 0 Å². The first kappa shape index (κ1) is 35.3. The lowest BCUT2D eigenvalue weighted by Gasteiger charge is -2.33. The number of anilines is 6. The van der Waals surface area contributed by atoms with Gasteiger partial charge in [0, 0.05) is 38.6 Å². The molecule has 0 N–H and O–H groups in total. The van der Waals surface area contributed by atoms with Gasteiger partial charge in [0.1, 0.15) is 7.85 Å². The van der Waals surface area contributed by atoms with Gasteiger partial charge >= 0.3 is 0 Å². The van der Waals surface area contributed by atoms with Gasteiger partial charge in [-0.05, 0) is 157 Å². The maximum absolute atomic E-state index is 3.94. The van der Waals surface area contributed by atoms with Gasteiger partial charge in [-0.3, -0.25) is 0 Å². The Morgan fingerprint density at radius 2 is 0.649 bits per heavy atom. The molecule has 10 rings (SSSR count). The molecule has 0 saturated heterocycles. The highest BCUT2D eigenvalue weighted by Crippen LogP contribution is 2.64. The molecule has 0 amide bonds.